The fourth-order valence-electron chi connectivity index (χ4n) is 2.50. The van der Waals surface area contributed by atoms with Gasteiger partial charge < -0.3 is 16.4 Å². The summed E-state index contributed by atoms with van der Waals surface area (Å²) >= 11 is 1.67. The Kier molecular flexibility index (Phi) is 5.77. The van der Waals surface area contributed by atoms with Crippen LogP contribution in [0.25, 0.3) is 11.3 Å². The molecular weight excluding hydrogens is 362 g/mol. The molecule has 1 aromatic carbocycles. The van der Waals surface area contributed by atoms with E-state index in [4.69, 9.17) is 5.73 Å². The normalized spacial score (nSPS) is 10.4. The zero-order valence-electron chi connectivity index (χ0n) is 14.7. The molecule has 2 amide bonds. The predicted octanol–water partition coefficient (Wildman–Crippen LogP) is 2.12. The number of carbonyl (C=O) groups excluding carboxylic acids is 2. The summed E-state index contributed by atoms with van der Waals surface area (Å²) in [6.07, 6.45) is 2.28. The van der Waals surface area contributed by atoms with E-state index in [0.717, 1.165) is 6.42 Å². The summed E-state index contributed by atoms with van der Waals surface area (Å²) in [4.78, 5) is 33.8. The fourth-order valence-corrected chi connectivity index (χ4v) is 3.21. The third kappa shape index (κ3) is 4.48. The minimum Gasteiger partial charge on any atom is -0.382 e. The summed E-state index contributed by atoms with van der Waals surface area (Å²) in [5.74, 6) is -0.520. The van der Waals surface area contributed by atoms with E-state index in [9.17, 15) is 9.59 Å². The molecule has 4 N–H and O–H groups in total. The standard InChI is InChI=1S/C19H19N5O2S/c1-21-19(26)16-17(20)23-11-15(24-16)12-4-2-5-13(10-12)18(25)22-8-7-14-6-3-9-27-14/h2-6,9-11H,7-8H2,1H3,(H2,20,23)(H,21,26)(H,22,25). The van der Waals surface area contributed by atoms with Crippen molar-refractivity contribution in [2.45, 2.75) is 6.42 Å². The first-order chi connectivity index (χ1) is 13.1. The lowest BCUT2D eigenvalue weighted by molar-refractivity contribution is 0.0948. The first kappa shape index (κ1) is 18.5. The molecule has 0 aliphatic carbocycles. The molecule has 27 heavy (non-hydrogen) atoms. The molecule has 0 saturated heterocycles. The van der Waals surface area contributed by atoms with Gasteiger partial charge in [-0.3, -0.25) is 9.59 Å². The largest absolute Gasteiger partial charge is 0.382 e. The van der Waals surface area contributed by atoms with Crippen LogP contribution in [-0.2, 0) is 6.42 Å². The Morgan fingerprint density at radius 1 is 1.19 bits per heavy atom. The molecular formula is C19H19N5O2S. The zero-order valence-corrected chi connectivity index (χ0v) is 15.5. The van der Waals surface area contributed by atoms with Gasteiger partial charge in [0.25, 0.3) is 11.8 Å². The second-order valence-electron chi connectivity index (χ2n) is 5.73. The van der Waals surface area contributed by atoms with Gasteiger partial charge in [0.05, 0.1) is 11.9 Å². The lowest BCUT2D eigenvalue weighted by atomic mass is 10.1. The van der Waals surface area contributed by atoms with E-state index in [-0.39, 0.29) is 17.4 Å². The van der Waals surface area contributed by atoms with Crippen LogP contribution < -0.4 is 16.4 Å². The average Bonchev–Trinajstić information content (AvgIpc) is 3.21. The fraction of sp³-hybridized carbons (Fsp3) is 0.158. The van der Waals surface area contributed by atoms with Crippen molar-refractivity contribution in [2.24, 2.45) is 0 Å². The minimum atomic E-state index is -0.413. The van der Waals surface area contributed by atoms with Crippen molar-refractivity contribution >= 4 is 29.0 Å². The molecule has 0 aliphatic rings. The van der Waals surface area contributed by atoms with Crippen molar-refractivity contribution in [3.63, 3.8) is 0 Å². The molecule has 0 unspecified atom stereocenters. The maximum Gasteiger partial charge on any atom is 0.273 e. The van der Waals surface area contributed by atoms with Crippen LogP contribution in [-0.4, -0.2) is 35.4 Å². The third-order valence-electron chi connectivity index (χ3n) is 3.90. The number of nitrogens with two attached hydrogens (primary N) is 1. The number of rotatable bonds is 6. The summed E-state index contributed by atoms with van der Waals surface area (Å²) in [5, 5.41) is 7.41. The van der Waals surface area contributed by atoms with E-state index in [1.54, 1.807) is 35.6 Å². The second kappa shape index (κ2) is 8.41. The molecule has 0 saturated carbocycles. The van der Waals surface area contributed by atoms with E-state index in [1.165, 1.54) is 18.1 Å². The molecule has 0 fully saturated rings. The lowest BCUT2D eigenvalue weighted by Crippen LogP contribution is -2.25. The zero-order chi connectivity index (χ0) is 19.2. The average molecular weight is 381 g/mol. The highest BCUT2D eigenvalue weighted by Gasteiger charge is 2.14. The van der Waals surface area contributed by atoms with E-state index in [0.29, 0.717) is 23.4 Å². The van der Waals surface area contributed by atoms with Crippen molar-refractivity contribution in [1.82, 2.24) is 20.6 Å². The van der Waals surface area contributed by atoms with Gasteiger partial charge >= 0.3 is 0 Å². The molecule has 2 aromatic heterocycles. The van der Waals surface area contributed by atoms with Crippen LogP contribution in [0.1, 0.15) is 25.7 Å². The van der Waals surface area contributed by atoms with Gasteiger partial charge in [0.1, 0.15) is 0 Å². The molecule has 0 aliphatic heterocycles. The number of nitrogen functional groups attached to an aromatic ring is 1. The summed E-state index contributed by atoms with van der Waals surface area (Å²) in [6, 6.07) is 11.0. The number of benzene rings is 1. The summed E-state index contributed by atoms with van der Waals surface area (Å²) < 4.78 is 0. The smallest absolute Gasteiger partial charge is 0.273 e. The number of nitrogens with one attached hydrogen (secondary N) is 2. The Bertz CT molecular complexity index is 956. The van der Waals surface area contributed by atoms with Crippen LogP contribution in [0.5, 0.6) is 0 Å². The molecule has 0 atom stereocenters. The highest BCUT2D eigenvalue weighted by molar-refractivity contribution is 7.09. The van der Waals surface area contributed by atoms with Crippen LogP contribution in [0, 0.1) is 0 Å². The Labute approximate surface area is 160 Å². The van der Waals surface area contributed by atoms with Gasteiger partial charge in [-0.05, 0) is 30.0 Å². The summed E-state index contributed by atoms with van der Waals surface area (Å²) in [5.41, 5.74) is 7.44. The van der Waals surface area contributed by atoms with Crippen molar-refractivity contribution < 1.29 is 9.59 Å². The molecule has 0 spiro atoms. The number of nitrogens with zero attached hydrogens (tertiary/aromatic N) is 2. The SMILES string of the molecule is CNC(=O)c1nc(-c2cccc(C(=O)NCCc3cccs3)c2)cnc1N. The summed E-state index contributed by atoms with van der Waals surface area (Å²) in [6.45, 7) is 0.562. The first-order valence-corrected chi connectivity index (χ1v) is 9.22. The number of carbonyl (C=O) groups is 2. The van der Waals surface area contributed by atoms with Gasteiger partial charge in [-0.25, -0.2) is 9.97 Å². The maximum atomic E-state index is 12.4. The van der Waals surface area contributed by atoms with Gasteiger partial charge in [-0.15, -0.1) is 11.3 Å². The van der Waals surface area contributed by atoms with E-state index >= 15 is 0 Å². The third-order valence-corrected chi connectivity index (χ3v) is 4.84. The molecule has 138 valence electrons. The summed E-state index contributed by atoms with van der Waals surface area (Å²) in [7, 11) is 1.50. The van der Waals surface area contributed by atoms with Gasteiger partial charge in [0, 0.05) is 29.6 Å². The van der Waals surface area contributed by atoms with Crippen molar-refractivity contribution in [2.75, 3.05) is 19.3 Å². The first-order valence-electron chi connectivity index (χ1n) is 8.34. The molecule has 3 rings (SSSR count). The van der Waals surface area contributed by atoms with E-state index in [1.807, 2.05) is 17.5 Å². The number of aromatic nitrogens is 2. The molecule has 7 nitrogen and oxygen atoms in total. The lowest BCUT2D eigenvalue weighted by Gasteiger charge is -2.08. The Morgan fingerprint density at radius 2 is 2.04 bits per heavy atom. The second-order valence-corrected chi connectivity index (χ2v) is 6.77. The highest BCUT2D eigenvalue weighted by Crippen LogP contribution is 2.20. The quantitative estimate of drug-likeness (QED) is 0.606. The number of amides is 2. The topological polar surface area (TPSA) is 110 Å². The highest BCUT2D eigenvalue weighted by atomic mass is 32.1. The molecule has 0 radical (unpaired) electrons. The molecule has 2 heterocycles. The van der Waals surface area contributed by atoms with Gasteiger partial charge in [-0.2, -0.15) is 0 Å². The van der Waals surface area contributed by atoms with Crippen molar-refractivity contribution in [1.29, 1.82) is 0 Å². The number of thiophene rings is 1. The maximum absolute atomic E-state index is 12.4. The van der Waals surface area contributed by atoms with Crippen LogP contribution >= 0.6 is 11.3 Å². The Morgan fingerprint density at radius 3 is 2.78 bits per heavy atom. The van der Waals surface area contributed by atoms with Crippen LogP contribution in [0.4, 0.5) is 5.82 Å². The number of hydrogen-bond donors (Lipinski definition) is 3. The monoisotopic (exact) mass is 381 g/mol. The van der Waals surface area contributed by atoms with Crippen LogP contribution in [0.3, 0.4) is 0 Å². The number of anilines is 1. The minimum absolute atomic E-state index is 0.0561. The predicted molar refractivity (Wildman–Crippen MR) is 106 cm³/mol. The van der Waals surface area contributed by atoms with Crippen molar-refractivity contribution in [3.05, 3.63) is 64.1 Å². The van der Waals surface area contributed by atoms with Crippen molar-refractivity contribution in [3.8, 4) is 11.3 Å². The van der Waals surface area contributed by atoms with Gasteiger partial charge in [-0.1, -0.05) is 18.2 Å². The van der Waals surface area contributed by atoms with Crippen LogP contribution in [0.2, 0.25) is 0 Å². The van der Waals surface area contributed by atoms with E-state index in [2.05, 4.69) is 20.6 Å². The van der Waals surface area contributed by atoms with Gasteiger partial charge in [0.15, 0.2) is 11.5 Å². The number of hydrogen-bond acceptors (Lipinski definition) is 6. The van der Waals surface area contributed by atoms with Gasteiger partial charge in [0.2, 0.25) is 0 Å². The van der Waals surface area contributed by atoms with E-state index < -0.39 is 5.91 Å². The Balaban J connectivity index is 1.75. The molecule has 8 heteroatoms. The van der Waals surface area contributed by atoms with Crippen LogP contribution in [0.15, 0.2) is 48.0 Å². The molecule has 3 aromatic rings. The molecule has 0 bridgehead atoms. The Hall–Kier alpha value is -3.26.